The molecule has 0 saturated heterocycles. The summed E-state index contributed by atoms with van der Waals surface area (Å²) in [6, 6.07) is 11.5. The van der Waals surface area contributed by atoms with Crippen LogP contribution in [0.4, 0.5) is 27.8 Å². The third kappa shape index (κ3) is 3.61. The number of hydrogen-bond donors (Lipinski definition) is 1. The average Bonchev–Trinajstić information content (AvgIpc) is 3.07. The molecule has 0 fully saturated rings. The van der Waals surface area contributed by atoms with Crippen LogP contribution in [0, 0.1) is 11.6 Å². The van der Waals surface area contributed by atoms with Crippen molar-refractivity contribution in [2.24, 2.45) is 0 Å². The van der Waals surface area contributed by atoms with E-state index >= 15 is 0 Å². The topological polar surface area (TPSA) is 46.4 Å². The molecule has 1 amide bonds. The summed E-state index contributed by atoms with van der Waals surface area (Å²) in [5.41, 5.74) is -1.15. The van der Waals surface area contributed by atoms with Crippen LogP contribution in [-0.2, 0) is 6.18 Å². The number of fused-ring (bicyclic) bond motifs is 1. The molecule has 4 rings (SSSR count). The van der Waals surface area contributed by atoms with Crippen LogP contribution in [0.2, 0.25) is 0 Å². The molecule has 0 aliphatic carbocycles. The molecular weight excluding hydrogens is 405 g/mol. The second-order valence-corrected chi connectivity index (χ2v) is 6.39. The summed E-state index contributed by atoms with van der Waals surface area (Å²) in [7, 11) is 0. The number of imidazole rings is 1. The lowest BCUT2D eigenvalue weighted by atomic mass is 10.1. The maximum Gasteiger partial charge on any atom is 0.416 e. The monoisotopic (exact) mass is 417 g/mol. The molecule has 9 heteroatoms. The predicted molar refractivity (Wildman–Crippen MR) is 99.9 cm³/mol. The van der Waals surface area contributed by atoms with Gasteiger partial charge in [0.15, 0.2) is 0 Å². The lowest BCUT2D eigenvalue weighted by Crippen LogP contribution is -2.15. The van der Waals surface area contributed by atoms with Crippen molar-refractivity contribution in [2.45, 2.75) is 6.18 Å². The maximum absolute atomic E-state index is 14.4. The van der Waals surface area contributed by atoms with Crippen molar-refractivity contribution in [2.75, 3.05) is 5.32 Å². The third-order valence-corrected chi connectivity index (χ3v) is 4.40. The molecular formula is C21H12F5N3O. The minimum atomic E-state index is -4.62. The zero-order valence-corrected chi connectivity index (χ0v) is 15.0. The first kappa shape index (κ1) is 19.6. The minimum absolute atomic E-state index is 0.00230. The van der Waals surface area contributed by atoms with Crippen LogP contribution >= 0.6 is 0 Å². The van der Waals surface area contributed by atoms with Crippen LogP contribution in [0.1, 0.15) is 15.9 Å². The number of nitrogens with one attached hydrogen (secondary N) is 1. The van der Waals surface area contributed by atoms with Crippen molar-refractivity contribution in [1.29, 1.82) is 0 Å². The number of aromatic nitrogens is 2. The Hall–Kier alpha value is -3.75. The second-order valence-electron chi connectivity index (χ2n) is 6.39. The first-order chi connectivity index (χ1) is 14.2. The number of carbonyl (C=O) groups excluding carboxylic acids is 1. The molecule has 2 aromatic carbocycles. The predicted octanol–water partition coefficient (Wildman–Crippen LogP) is 5.55. The zero-order chi connectivity index (χ0) is 21.5. The van der Waals surface area contributed by atoms with Gasteiger partial charge in [-0.1, -0.05) is 12.1 Å². The molecule has 0 atom stereocenters. The van der Waals surface area contributed by atoms with Gasteiger partial charge in [0.25, 0.3) is 5.91 Å². The Kier molecular flexibility index (Phi) is 4.73. The first-order valence-electron chi connectivity index (χ1n) is 8.65. The van der Waals surface area contributed by atoms with Crippen molar-refractivity contribution < 1.29 is 26.7 Å². The van der Waals surface area contributed by atoms with E-state index < -0.39 is 29.3 Å². The molecule has 2 heterocycles. The van der Waals surface area contributed by atoms with Gasteiger partial charge < -0.3 is 5.32 Å². The number of benzene rings is 2. The molecule has 152 valence electrons. The van der Waals surface area contributed by atoms with Crippen LogP contribution in [0.5, 0.6) is 0 Å². The van der Waals surface area contributed by atoms with Crippen LogP contribution < -0.4 is 5.32 Å². The number of amides is 1. The standard InChI is InChI=1S/C21H12F5N3O/c22-14-7-8-16(23)15(11-14)18-19(29-9-2-1-6-17(29)27-18)28-20(30)12-4-3-5-13(10-12)21(24,25)26/h1-11H,(H,28,30). The van der Waals surface area contributed by atoms with E-state index in [9.17, 15) is 26.7 Å². The third-order valence-electron chi connectivity index (χ3n) is 4.40. The normalized spacial score (nSPS) is 11.6. The molecule has 0 aliphatic heterocycles. The molecule has 0 unspecified atom stereocenters. The van der Waals surface area contributed by atoms with Gasteiger partial charge in [0, 0.05) is 17.3 Å². The van der Waals surface area contributed by atoms with Gasteiger partial charge >= 0.3 is 6.18 Å². The van der Waals surface area contributed by atoms with Gasteiger partial charge in [0.2, 0.25) is 0 Å². The van der Waals surface area contributed by atoms with E-state index in [0.29, 0.717) is 11.7 Å². The highest BCUT2D eigenvalue weighted by Gasteiger charge is 2.31. The summed E-state index contributed by atoms with van der Waals surface area (Å²) in [4.78, 5) is 16.9. The van der Waals surface area contributed by atoms with Gasteiger partial charge in [0.05, 0.1) is 5.56 Å². The molecule has 0 bridgehead atoms. The molecule has 0 spiro atoms. The minimum Gasteiger partial charge on any atom is -0.306 e. The van der Waals surface area contributed by atoms with E-state index in [1.165, 1.54) is 16.7 Å². The van der Waals surface area contributed by atoms with Gasteiger partial charge in [-0.05, 0) is 48.5 Å². The van der Waals surface area contributed by atoms with E-state index in [1.807, 2.05) is 0 Å². The van der Waals surface area contributed by atoms with Crippen molar-refractivity contribution in [3.63, 3.8) is 0 Å². The Morgan fingerprint density at radius 3 is 2.53 bits per heavy atom. The summed E-state index contributed by atoms with van der Waals surface area (Å²) in [5, 5.41) is 2.48. The Bertz CT molecular complexity index is 1260. The quantitative estimate of drug-likeness (QED) is 0.444. The Labute approximate surface area is 166 Å². The average molecular weight is 417 g/mol. The fourth-order valence-electron chi connectivity index (χ4n) is 3.00. The molecule has 0 saturated carbocycles. The largest absolute Gasteiger partial charge is 0.416 e. The summed E-state index contributed by atoms with van der Waals surface area (Å²) < 4.78 is 68.4. The summed E-state index contributed by atoms with van der Waals surface area (Å²) in [6.45, 7) is 0. The van der Waals surface area contributed by atoms with E-state index in [0.717, 1.165) is 30.3 Å². The number of nitrogens with zero attached hydrogens (tertiary/aromatic N) is 2. The highest BCUT2D eigenvalue weighted by atomic mass is 19.4. The van der Waals surface area contributed by atoms with Crippen LogP contribution in [0.15, 0.2) is 66.9 Å². The van der Waals surface area contributed by atoms with Crippen molar-refractivity contribution >= 4 is 17.4 Å². The number of pyridine rings is 1. The van der Waals surface area contributed by atoms with Gasteiger partial charge in [0.1, 0.15) is 28.8 Å². The molecule has 4 nitrogen and oxygen atoms in total. The maximum atomic E-state index is 14.4. The fraction of sp³-hybridized carbons (Fsp3) is 0.0476. The zero-order valence-electron chi connectivity index (χ0n) is 15.0. The Morgan fingerprint density at radius 1 is 0.967 bits per heavy atom. The van der Waals surface area contributed by atoms with E-state index in [2.05, 4.69) is 10.3 Å². The molecule has 4 aromatic rings. The first-order valence-corrected chi connectivity index (χ1v) is 8.65. The van der Waals surface area contributed by atoms with Crippen molar-refractivity contribution in [3.8, 4) is 11.3 Å². The van der Waals surface area contributed by atoms with Crippen molar-refractivity contribution in [3.05, 3.63) is 89.6 Å². The van der Waals surface area contributed by atoms with Crippen LogP contribution in [0.25, 0.3) is 16.9 Å². The lowest BCUT2D eigenvalue weighted by molar-refractivity contribution is -0.137. The number of hydrogen-bond acceptors (Lipinski definition) is 2. The van der Waals surface area contributed by atoms with Gasteiger partial charge in [-0.15, -0.1) is 0 Å². The smallest absolute Gasteiger partial charge is 0.306 e. The fourth-order valence-corrected chi connectivity index (χ4v) is 3.00. The SMILES string of the molecule is O=C(Nc1c(-c2cc(F)ccc2F)nc2ccccn12)c1cccc(C(F)(F)F)c1. The number of anilines is 1. The van der Waals surface area contributed by atoms with Crippen molar-refractivity contribution in [1.82, 2.24) is 9.38 Å². The van der Waals surface area contributed by atoms with E-state index in [-0.39, 0.29) is 22.6 Å². The Balaban J connectivity index is 1.81. The van der Waals surface area contributed by atoms with Crippen LogP contribution in [-0.4, -0.2) is 15.3 Å². The summed E-state index contributed by atoms with van der Waals surface area (Å²) in [5.74, 6) is -2.34. The summed E-state index contributed by atoms with van der Waals surface area (Å²) >= 11 is 0. The number of rotatable bonds is 3. The molecule has 0 radical (unpaired) electrons. The molecule has 30 heavy (non-hydrogen) atoms. The van der Waals surface area contributed by atoms with E-state index in [4.69, 9.17) is 0 Å². The molecule has 0 aliphatic rings. The molecule has 1 N–H and O–H groups in total. The van der Waals surface area contributed by atoms with Crippen LogP contribution in [0.3, 0.4) is 0 Å². The van der Waals surface area contributed by atoms with Gasteiger partial charge in [-0.3, -0.25) is 9.20 Å². The highest BCUT2D eigenvalue weighted by molar-refractivity contribution is 6.06. The van der Waals surface area contributed by atoms with Gasteiger partial charge in [-0.25, -0.2) is 13.8 Å². The van der Waals surface area contributed by atoms with E-state index in [1.54, 1.807) is 18.2 Å². The van der Waals surface area contributed by atoms with Gasteiger partial charge in [-0.2, -0.15) is 13.2 Å². The second kappa shape index (κ2) is 7.25. The summed E-state index contributed by atoms with van der Waals surface area (Å²) in [6.07, 6.45) is -3.08. The number of carbonyl (C=O) groups is 1. The number of alkyl halides is 3. The lowest BCUT2D eigenvalue weighted by Gasteiger charge is -2.11. The molecule has 2 aromatic heterocycles. The Morgan fingerprint density at radius 2 is 1.77 bits per heavy atom. The number of halogens is 5. The highest BCUT2D eigenvalue weighted by Crippen LogP contribution is 2.32.